The van der Waals surface area contributed by atoms with Gasteiger partial charge in [-0.2, -0.15) is 0 Å². The summed E-state index contributed by atoms with van der Waals surface area (Å²) in [7, 11) is 1.15. The molecule has 1 aromatic heterocycles. The minimum Gasteiger partial charge on any atom is -0.496 e. The quantitative estimate of drug-likeness (QED) is 0.597. The van der Waals surface area contributed by atoms with Crippen molar-refractivity contribution in [1.29, 1.82) is 0 Å². The summed E-state index contributed by atoms with van der Waals surface area (Å²) < 4.78 is 62.7. The van der Waals surface area contributed by atoms with E-state index in [0.29, 0.717) is 0 Å². The van der Waals surface area contributed by atoms with Crippen LogP contribution in [0.15, 0.2) is 6.07 Å². The first-order valence-corrected chi connectivity index (χ1v) is 5.84. The molecule has 5 nitrogen and oxygen atoms in total. The van der Waals surface area contributed by atoms with Gasteiger partial charge in [0.05, 0.1) is 25.8 Å². The van der Waals surface area contributed by atoms with Crippen LogP contribution in [0.25, 0.3) is 0 Å². The molecule has 0 aliphatic rings. The Labute approximate surface area is 117 Å². The van der Waals surface area contributed by atoms with Crippen LogP contribution in [0.4, 0.5) is 17.6 Å². The fourth-order valence-corrected chi connectivity index (χ4v) is 1.57. The largest absolute Gasteiger partial charge is 0.574 e. The predicted octanol–water partition coefficient (Wildman–Crippen LogP) is 2.56. The number of carbonyl (C=O) groups is 1. The molecule has 0 fully saturated rings. The van der Waals surface area contributed by atoms with Gasteiger partial charge in [0.15, 0.2) is 0 Å². The molecule has 1 heterocycles. The monoisotopic (exact) mass is 311 g/mol. The van der Waals surface area contributed by atoms with Gasteiger partial charge in [-0.15, -0.1) is 13.2 Å². The molecule has 118 valence electrons. The molecule has 9 heteroatoms. The second-order valence-electron chi connectivity index (χ2n) is 3.75. The lowest BCUT2D eigenvalue weighted by Gasteiger charge is -2.14. The van der Waals surface area contributed by atoms with E-state index in [1.807, 2.05) is 0 Å². The Morgan fingerprint density at radius 3 is 2.52 bits per heavy atom. The number of esters is 1. The number of aromatic nitrogens is 1. The molecule has 0 spiro atoms. The van der Waals surface area contributed by atoms with E-state index in [9.17, 15) is 22.4 Å². The molecule has 0 atom stereocenters. The van der Waals surface area contributed by atoms with Crippen molar-refractivity contribution < 1.29 is 36.6 Å². The number of pyridine rings is 1. The van der Waals surface area contributed by atoms with Gasteiger partial charge in [-0.05, 0) is 6.92 Å². The van der Waals surface area contributed by atoms with E-state index >= 15 is 0 Å². The number of ether oxygens (including phenoxy) is 3. The highest BCUT2D eigenvalue weighted by Gasteiger charge is 2.32. The van der Waals surface area contributed by atoms with E-state index in [1.54, 1.807) is 6.92 Å². The first-order chi connectivity index (χ1) is 9.80. The Bertz CT molecular complexity index is 505. The number of carbonyl (C=O) groups excluding carboxylic acids is 1. The number of hydrogen-bond donors (Lipinski definition) is 0. The van der Waals surface area contributed by atoms with Gasteiger partial charge in [0.1, 0.15) is 12.4 Å². The van der Waals surface area contributed by atoms with Crippen molar-refractivity contribution in [1.82, 2.24) is 4.98 Å². The van der Waals surface area contributed by atoms with Gasteiger partial charge in [0, 0.05) is 11.6 Å². The van der Waals surface area contributed by atoms with Crippen molar-refractivity contribution in [3.63, 3.8) is 0 Å². The molecular weight excluding hydrogens is 298 g/mol. The molecular formula is C12H13F4NO4. The number of methoxy groups -OCH3 is 1. The Kier molecular flexibility index (Phi) is 5.74. The Morgan fingerprint density at radius 1 is 1.38 bits per heavy atom. The van der Waals surface area contributed by atoms with Crippen LogP contribution >= 0.6 is 0 Å². The van der Waals surface area contributed by atoms with Gasteiger partial charge in [-0.25, -0.2) is 9.37 Å². The number of nitrogens with zero attached hydrogens (tertiary/aromatic N) is 1. The third-order valence-electron chi connectivity index (χ3n) is 2.34. The standard InChI is InChI=1S/C12H13F4NO4/c1-3-20-11(18)4-8-7(6-13)9(19-2)5-10(17-8)21-12(14,15)16/h5H,3-4,6H2,1-2H3. The summed E-state index contributed by atoms with van der Waals surface area (Å²) in [5.41, 5.74) is -0.352. The summed E-state index contributed by atoms with van der Waals surface area (Å²) in [4.78, 5) is 14.9. The average Bonchev–Trinajstić information content (AvgIpc) is 2.36. The Hall–Kier alpha value is -2.06. The van der Waals surface area contributed by atoms with Gasteiger partial charge in [0.25, 0.3) is 0 Å². The minimum atomic E-state index is -4.96. The average molecular weight is 311 g/mol. The van der Waals surface area contributed by atoms with E-state index in [-0.39, 0.29) is 23.6 Å². The van der Waals surface area contributed by atoms with Crippen molar-refractivity contribution in [2.45, 2.75) is 26.4 Å². The van der Waals surface area contributed by atoms with E-state index in [2.05, 4.69) is 14.5 Å². The zero-order chi connectivity index (χ0) is 16.0. The summed E-state index contributed by atoms with van der Waals surface area (Å²) in [6.45, 7) is 0.585. The Balaban J connectivity index is 3.18. The van der Waals surface area contributed by atoms with E-state index < -0.39 is 31.3 Å². The molecule has 1 rings (SSSR count). The lowest BCUT2D eigenvalue weighted by atomic mass is 10.1. The molecule has 1 aromatic rings. The van der Waals surface area contributed by atoms with E-state index in [0.717, 1.165) is 13.2 Å². The first-order valence-electron chi connectivity index (χ1n) is 5.84. The van der Waals surface area contributed by atoms with Crippen LogP contribution < -0.4 is 9.47 Å². The minimum absolute atomic E-state index is 0.0830. The zero-order valence-electron chi connectivity index (χ0n) is 11.3. The molecule has 0 aliphatic heterocycles. The van der Waals surface area contributed by atoms with Crippen LogP contribution in [-0.4, -0.2) is 31.0 Å². The smallest absolute Gasteiger partial charge is 0.496 e. The Morgan fingerprint density at radius 2 is 2.05 bits per heavy atom. The highest BCUT2D eigenvalue weighted by Crippen LogP contribution is 2.30. The van der Waals surface area contributed by atoms with Gasteiger partial charge >= 0.3 is 12.3 Å². The molecule has 0 bridgehead atoms. The highest BCUT2D eigenvalue weighted by atomic mass is 19.4. The van der Waals surface area contributed by atoms with Gasteiger partial charge < -0.3 is 14.2 Å². The molecule has 0 aromatic carbocycles. The summed E-state index contributed by atoms with van der Waals surface area (Å²) >= 11 is 0. The maximum atomic E-state index is 13.0. The molecule has 0 aliphatic carbocycles. The van der Waals surface area contributed by atoms with Crippen molar-refractivity contribution in [2.75, 3.05) is 13.7 Å². The molecule has 0 radical (unpaired) electrons. The maximum absolute atomic E-state index is 13.0. The first kappa shape index (κ1) is 17.0. The summed E-state index contributed by atoms with van der Waals surface area (Å²) in [6, 6.07) is 0.803. The number of halogens is 4. The number of hydrogen-bond acceptors (Lipinski definition) is 5. The predicted molar refractivity (Wildman–Crippen MR) is 62.6 cm³/mol. The van der Waals surface area contributed by atoms with Crippen LogP contribution in [0.1, 0.15) is 18.2 Å². The third-order valence-corrected chi connectivity index (χ3v) is 2.34. The third kappa shape index (κ3) is 5.09. The molecule has 0 unspecified atom stereocenters. The fraction of sp³-hybridized carbons (Fsp3) is 0.500. The van der Waals surface area contributed by atoms with E-state index in [1.165, 1.54) is 0 Å². The normalized spacial score (nSPS) is 11.1. The molecule has 21 heavy (non-hydrogen) atoms. The topological polar surface area (TPSA) is 57.7 Å². The lowest BCUT2D eigenvalue weighted by Crippen LogP contribution is -2.19. The lowest BCUT2D eigenvalue weighted by molar-refractivity contribution is -0.276. The summed E-state index contributed by atoms with van der Waals surface area (Å²) in [5, 5.41) is 0. The number of rotatable bonds is 6. The van der Waals surface area contributed by atoms with Crippen molar-refractivity contribution in [2.24, 2.45) is 0 Å². The second-order valence-corrected chi connectivity index (χ2v) is 3.75. The van der Waals surface area contributed by atoms with Crippen LogP contribution in [0.5, 0.6) is 11.6 Å². The maximum Gasteiger partial charge on any atom is 0.574 e. The molecule has 0 saturated carbocycles. The van der Waals surface area contributed by atoms with Gasteiger partial charge in [0.2, 0.25) is 5.88 Å². The van der Waals surface area contributed by atoms with Crippen LogP contribution in [0, 0.1) is 0 Å². The molecule has 0 N–H and O–H groups in total. The fourth-order valence-electron chi connectivity index (χ4n) is 1.57. The van der Waals surface area contributed by atoms with Crippen LogP contribution in [-0.2, 0) is 22.6 Å². The van der Waals surface area contributed by atoms with E-state index in [4.69, 9.17) is 4.74 Å². The van der Waals surface area contributed by atoms with Gasteiger partial charge in [-0.1, -0.05) is 0 Å². The summed E-state index contributed by atoms with van der Waals surface area (Å²) in [6.07, 6.45) is -5.45. The molecule has 0 saturated heterocycles. The van der Waals surface area contributed by atoms with Crippen LogP contribution in [0.2, 0.25) is 0 Å². The van der Waals surface area contributed by atoms with Gasteiger partial charge in [-0.3, -0.25) is 4.79 Å². The van der Waals surface area contributed by atoms with Crippen molar-refractivity contribution >= 4 is 5.97 Å². The van der Waals surface area contributed by atoms with Crippen LogP contribution in [0.3, 0.4) is 0 Å². The van der Waals surface area contributed by atoms with Crippen molar-refractivity contribution in [3.8, 4) is 11.6 Å². The molecule has 0 amide bonds. The summed E-state index contributed by atoms with van der Waals surface area (Å²) in [5.74, 6) is -1.77. The SMILES string of the molecule is CCOC(=O)Cc1nc(OC(F)(F)F)cc(OC)c1CF. The second kappa shape index (κ2) is 7.09. The highest BCUT2D eigenvalue weighted by molar-refractivity contribution is 5.72. The van der Waals surface area contributed by atoms with Crippen molar-refractivity contribution in [3.05, 3.63) is 17.3 Å². The number of alkyl halides is 4. The zero-order valence-corrected chi connectivity index (χ0v) is 11.3.